The Morgan fingerprint density at radius 1 is 0.933 bits per heavy atom. The minimum absolute atomic E-state index is 0.0749. The van der Waals surface area contributed by atoms with Gasteiger partial charge in [0.05, 0.1) is 0 Å². The van der Waals surface area contributed by atoms with Gasteiger partial charge in [-0.05, 0) is 61.7 Å². The maximum absolute atomic E-state index is 9.44. The van der Waals surface area contributed by atoms with Gasteiger partial charge in [-0.25, -0.2) is 0 Å². The first-order valence-electron chi connectivity index (χ1n) is 6.45. The average Bonchev–Trinajstić information content (AvgIpc) is 2.14. The lowest BCUT2D eigenvalue weighted by atomic mass is 9.46. The van der Waals surface area contributed by atoms with E-state index in [0.717, 1.165) is 17.8 Å². The normalized spacial score (nSPS) is 50.0. The Labute approximate surface area is 91.7 Å². The van der Waals surface area contributed by atoms with Crippen LogP contribution in [0.25, 0.3) is 0 Å². The van der Waals surface area contributed by atoms with E-state index in [2.05, 4.69) is 0 Å². The fourth-order valence-corrected chi connectivity index (χ4v) is 5.05. The molecule has 0 saturated heterocycles. The van der Waals surface area contributed by atoms with E-state index in [1.807, 2.05) is 6.92 Å². The van der Waals surface area contributed by atoms with Crippen molar-refractivity contribution in [3.63, 3.8) is 0 Å². The maximum Gasteiger partial charge on any atom is 0.154 e. The van der Waals surface area contributed by atoms with Crippen LogP contribution >= 0.6 is 0 Å². The molecule has 0 spiro atoms. The average molecular weight is 210 g/mol. The number of rotatable bonds is 2. The number of hydrogen-bond acceptors (Lipinski definition) is 2. The van der Waals surface area contributed by atoms with Crippen molar-refractivity contribution < 1.29 is 10.2 Å². The molecule has 0 aromatic heterocycles. The molecule has 86 valence electrons. The third kappa shape index (κ3) is 1.45. The first kappa shape index (κ1) is 10.1. The van der Waals surface area contributed by atoms with E-state index >= 15 is 0 Å². The Balaban J connectivity index is 1.86. The summed E-state index contributed by atoms with van der Waals surface area (Å²) in [4.78, 5) is 0. The predicted octanol–water partition coefficient (Wildman–Crippen LogP) is 2.15. The Hall–Kier alpha value is -0.0800. The van der Waals surface area contributed by atoms with Crippen molar-refractivity contribution in [2.75, 3.05) is 0 Å². The second-order valence-electron chi connectivity index (χ2n) is 6.48. The highest BCUT2D eigenvalue weighted by Crippen LogP contribution is 2.62. The van der Waals surface area contributed by atoms with Crippen LogP contribution in [-0.2, 0) is 0 Å². The molecule has 0 aromatic carbocycles. The smallest absolute Gasteiger partial charge is 0.154 e. The molecular formula is C13H22O2. The van der Waals surface area contributed by atoms with E-state index < -0.39 is 6.29 Å². The lowest BCUT2D eigenvalue weighted by Gasteiger charge is -2.59. The summed E-state index contributed by atoms with van der Waals surface area (Å²) in [6.07, 6.45) is 6.95. The molecule has 1 atom stereocenters. The Morgan fingerprint density at radius 2 is 1.33 bits per heavy atom. The molecule has 0 radical (unpaired) electrons. The highest BCUT2D eigenvalue weighted by Gasteiger charge is 2.54. The van der Waals surface area contributed by atoms with Crippen molar-refractivity contribution in [3.8, 4) is 0 Å². The molecule has 4 bridgehead atoms. The monoisotopic (exact) mass is 210 g/mol. The summed E-state index contributed by atoms with van der Waals surface area (Å²) in [5.74, 6) is 2.78. The maximum atomic E-state index is 9.44. The van der Waals surface area contributed by atoms with Gasteiger partial charge < -0.3 is 10.2 Å². The van der Waals surface area contributed by atoms with Gasteiger partial charge in [0.15, 0.2) is 6.29 Å². The zero-order valence-electron chi connectivity index (χ0n) is 9.52. The second-order valence-corrected chi connectivity index (χ2v) is 6.48. The molecule has 4 fully saturated rings. The highest BCUT2D eigenvalue weighted by atomic mass is 16.5. The SMILES string of the molecule is C[C@@H](C(O)O)C12CC3CC(CC(C3)C1)C2. The minimum atomic E-state index is -1.11. The summed E-state index contributed by atoms with van der Waals surface area (Å²) >= 11 is 0. The largest absolute Gasteiger partial charge is 0.368 e. The lowest BCUT2D eigenvalue weighted by molar-refractivity contribution is -0.168. The first-order valence-corrected chi connectivity index (χ1v) is 6.45. The molecule has 4 saturated carbocycles. The first-order chi connectivity index (χ1) is 7.09. The van der Waals surface area contributed by atoms with Crippen LogP contribution in [0.1, 0.15) is 45.4 Å². The van der Waals surface area contributed by atoms with Crippen LogP contribution < -0.4 is 0 Å². The summed E-state index contributed by atoms with van der Waals surface area (Å²) in [5, 5.41) is 18.9. The van der Waals surface area contributed by atoms with Crippen LogP contribution in [0.4, 0.5) is 0 Å². The fourth-order valence-electron chi connectivity index (χ4n) is 5.05. The van der Waals surface area contributed by atoms with E-state index in [1.165, 1.54) is 38.5 Å². The molecular weight excluding hydrogens is 188 g/mol. The number of hydrogen-bond donors (Lipinski definition) is 2. The molecule has 4 rings (SSSR count). The highest BCUT2D eigenvalue weighted by molar-refractivity contribution is 5.03. The lowest BCUT2D eigenvalue weighted by Crippen LogP contribution is -2.51. The van der Waals surface area contributed by atoms with Crippen LogP contribution in [0.15, 0.2) is 0 Å². The van der Waals surface area contributed by atoms with Crippen molar-refractivity contribution in [2.24, 2.45) is 29.1 Å². The van der Waals surface area contributed by atoms with Gasteiger partial charge in [0.1, 0.15) is 0 Å². The quantitative estimate of drug-likeness (QED) is 0.686. The van der Waals surface area contributed by atoms with Crippen molar-refractivity contribution in [1.29, 1.82) is 0 Å². The molecule has 2 N–H and O–H groups in total. The van der Waals surface area contributed by atoms with Crippen molar-refractivity contribution in [1.82, 2.24) is 0 Å². The van der Waals surface area contributed by atoms with E-state index in [-0.39, 0.29) is 11.3 Å². The molecule has 4 aliphatic carbocycles. The third-order valence-corrected chi connectivity index (χ3v) is 5.50. The van der Waals surface area contributed by atoms with Crippen molar-refractivity contribution in [2.45, 2.75) is 51.7 Å². The standard InChI is InChI=1S/C13H22O2/c1-8(12(14)15)13-5-9-2-10(6-13)4-11(3-9)7-13/h8-12,14-15H,2-7H2,1H3/t8-,9?,10?,11?,13?/m0/s1. The molecule has 0 unspecified atom stereocenters. The van der Waals surface area contributed by atoms with Crippen molar-refractivity contribution >= 4 is 0 Å². The molecule has 0 aliphatic heterocycles. The van der Waals surface area contributed by atoms with Gasteiger partial charge in [0.2, 0.25) is 0 Å². The summed E-state index contributed by atoms with van der Waals surface area (Å²) in [6, 6.07) is 0. The Bertz CT molecular complexity index is 224. The second kappa shape index (κ2) is 3.21. The zero-order valence-corrected chi connectivity index (χ0v) is 9.52. The summed E-state index contributed by atoms with van der Waals surface area (Å²) in [6.45, 7) is 2.04. The van der Waals surface area contributed by atoms with Crippen LogP contribution in [0.2, 0.25) is 0 Å². The Kier molecular flexibility index (Phi) is 2.16. The summed E-state index contributed by atoms with van der Waals surface area (Å²) in [5.41, 5.74) is 0.281. The van der Waals surface area contributed by atoms with Gasteiger partial charge in [0.25, 0.3) is 0 Å². The molecule has 0 amide bonds. The van der Waals surface area contributed by atoms with E-state index in [1.54, 1.807) is 0 Å². The van der Waals surface area contributed by atoms with Gasteiger partial charge >= 0.3 is 0 Å². The fraction of sp³-hybridized carbons (Fsp3) is 1.00. The van der Waals surface area contributed by atoms with Gasteiger partial charge in [-0.3, -0.25) is 0 Å². The van der Waals surface area contributed by atoms with E-state index in [4.69, 9.17) is 0 Å². The van der Waals surface area contributed by atoms with Crippen LogP contribution in [0.3, 0.4) is 0 Å². The number of aliphatic hydroxyl groups is 2. The van der Waals surface area contributed by atoms with E-state index in [0.29, 0.717) is 0 Å². The molecule has 0 heterocycles. The molecule has 4 aliphatic rings. The summed E-state index contributed by atoms with van der Waals surface area (Å²) in [7, 11) is 0. The molecule has 2 nitrogen and oxygen atoms in total. The van der Waals surface area contributed by atoms with Gasteiger partial charge in [0, 0.05) is 5.92 Å². The van der Waals surface area contributed by atoms with E-state index in [9.17, 15) is 10.2 Å². The van der Waals surface area contributed by atoms with Crippen LogP contribution in [0, 0.1) is 29.1 Å². The molecule has 15 heavy (non-hydrogen) atoms. The molecule has 2 heteroatoms. The third-order valence-electron chi connectivity index (χ3n) is 5.50. The van der Waals surface area contributed by atoms with Gasteiger partial charge in [-0.15, -0.1) is 0 Å². The minimum Gasteiger partial charge on any atom is -0.368 e. The van der Waals surface area contributed by atoms with Crippen LogP contribution in [0.5, 0.6) is 0 Å². The number of aliphatic hydroxyl groups excluding tert-OH is 1. The molecule has 0 aromatic rings. The van der Waals surface area contributed by atoms with Gasteiger partial charge in [-0.1, -0.05) is 6.92 Å². The Morgan fingerprint density at radius 3 is 1.67 bits per heavy atom. The predicted molar refractivity (Wildman–Crippen MR) is 58.0 cm³/mol. The van der Waals surface area contributed by atoms with Crippen LogP contribution in [-0.4, -0.2) is 16.5 Å². The topological polar surface area (TPSA) is 40.5 Å². The van der Waals surface area contributed by atoms with Crippen molar-refractivity contribution in [3.05, 3.63) is 0 Å². The zero-order chi connectivity index (χ0) is 10.6. The van der Waals surface area contributed by atoms with Gasteiger partial charge in [-0.2, -0.15) is 0 Å². The summed E-state index contributed by atoms with van der Waals surface area (Å²) < 4.78 is 0.